The highest BCUT2D eigenvalue weighted by Gasteiger charge is 2.28. The highest BCUT2D eigenvalue weighted by molar-refractivity contribution is 5.84. The van der Waals surface area contributed by atoms with E-state index in [1.807, 2.05) is 29.3 Å². The molecule has 2 heterocycles. The molecule has 112 valence electrons. The van der Waals surface area contributed by atoms with Gasteiger partial charge in [0.15, 0.2) is 0 Å². The average Bonchev–Trinajstić information content (AvgIpc) is 3.07. The number of nitrogens with zero attached hydrogens (tertiary/aromatic N) is 1. The molecule has 1 atom stereocenters. The van der Waals surface area contributed by atoms with Gasteiger partial charge in [-0.15, -0.1) is 0 Å². The summed E-state index contributed by atoms with van der Waals surface area (Å²) in [6, 6.07) is 6.00. The largest absolute Gasteiger partial charge is 0.497 e. The van der Waals surface area contributed by atoms with Gasteiger partial charge >= 0.3 is 0 Å². The summed E-state index contributed by atoms with van der Waals surface area (Å²) in [5.41, 5.74) is 7.97. The fourth-order valence-electron chi connectivity index (χ4n) is 2.97. The molecule has 1 aliphatic heterocycles. The van der Waals surface area contributed by atoms with Gasteiger partial charge in [0.1, 0.15) is 5.75 Å². The van der Waals surface area contributed by atoms with Crippen molar-refractivity contribution in [2.24, 2.45) is 11.7 Å². The summed E-state index contributed by atoms with van der Waals surface area (Å²) in [4.78, 5) is 17.1. The summed E-state index contributed by atoms with van der Waals surface area (Å²) in [7, 11) is 1.67. The SMILES string of the molecule is COc1ccc2[nH]cc(CCN3CC(CN)CC3=O)c2c1. The van der Waals surface area contributed by atoms with Crippen molar-refractivity contribution in [3.05, 3.63) is 30.0 Å². The zero-order chi connectivity index (χ0) is 14.8. The van der Waals surface area contributed by atoms with Crippen LogP contribution in [-0.2, 0) is 11.2 Å². The second-order valence-corrected chi connectivity index (χ2v) is 5.62. The maximum absolute atomic E-state index is 11.9. The molecule has 0 radical (unpaired) electrons. The van der Waals surface area contributed by atoms with Crippen LogP contribution in [0.1, 0.15) is 12.0 Å². The number of carbonyl (C=O) groups is 1. The summed E-state index contributed by atoms with van der Waals surface area (Å²) in [5.74, 6) is 1.40. The highest BCUT2D eigenvalue weighted by atomic mass is 16.5. The minimum Gasteiger partial charge on any atom is -0.497 e. The lowest BCUT2D eigenvalue weighted by Crippen LogP contribution is -2.28. The summed E-state index contributed by atoms with van der Waals surface area (Å²) >= 11 is 0. The molecule has 0 aliphatic carbocycles. The molecule has 3 N–H and O–H groups in total. The smallest absolute Gasteiger partial charge is 0.222 e. The number of hydrogen-bond donors (Lipinski definition) is 2. The minimum absolute atomic E-state index is 0.225. The Morgan fingerprint density at radius 2 is 2.33 bits per heavy atom. The molecule has 1 aliphatic rings. The molecule has 0 bridgehead atoms. The van der Waals surface area contributed by atoms with E-state index in [-0.39, 0.29) is 5.91 Å². The fourth-order valence-corrected chi connectivity index (χ4v) is 2.97. The van der Waals surface area contributed by atoms with E-state index in [1.165, 1.54) is 5.56 Å². The standard InChI is InChI=1S/C16H21N3O2/c1-21-13-2-3-15-14(7-13)12(9-18-15)4-5-19-10-11(8-17)6-16(19)20/h2-3,7,9,11,18H,4-6,8,10,17H2,1H3. The molecule has 21 heavy (non-hydrogen) atoms. The Labute approximate surface area is 124 Å². The summed E-state index contributed by atoms with van der Waals surface area (Å²) in [6.07, 6.45) is 3.46. The Morgan fingerprint density at radius 3 is 3.05 bits per heavy atom. The van der Waals surface area contributed by atoms with Gasteiger partial charge in [-0.05, 0) is 42.6 Å². The van der Waals surface area contributed by atoms with Crippen LogP contribution in [0.4, 0.5) is 0 Å². The predicted octanol–water partition coefficient (Wildman–Crippen LogP) is 1.53. The van der Waals surface area contributed by atoms with Crippen LogP contribution >= 0.6 is 0 Å². The molecule has 1 unspecified atom stereocenters. The van der Waals surface area contributed by atoms with Gasteiger partial charge in [-0.1, -0.05) is 0 Å². The van der Waals surface area contributed by atoms with E-state index in [4.69, 9.17) is 10.5 Å². The molecule has 0 saturated carbocycles. The number of aromatic nitrogens is 1. The van der Waals surface area contributed by atoms with Gasteiger partial charge in [0.2, 0.25) is 5.91 Å². The van der Waals surface area contributed by atoms with Crippen LogP contribution in [0, 0.1) is 5.92 Å². The first-order valence-electron chi connectivity index (χ1n) is 7.33. The number of nitrogens with two attached hydrogens (primary N) is 1. The van der Waals surface area contributed by atoms with Crippen LogP contribution in [0.15, 0.2) is 24.4 Å². The number of carbonyl (C=O) groups excluding carboxylic acids is 1. The van der Waals surface area contributed by atoms with Crippen LogP contribution in [0.25, 0.3) is 10.9 Å². The molecule has 2 aromatic rings. The number of likely N-dealkylation sites (tertiary alicyclic amines) is 1. The average molecular weight is 287 g/mol. The third-order valence-electron chi connectivity index (χ3n) is 4.25. The molecular formula is C16H21N3O2. The minimum atomic E-state index is 0.225. The Kier molecular flexibility index (Phi) is 3.84. The molecule has 1 aromatic carbocycles. The van der Waals surface area contributed by atoms with E-state index in [0.29, 0.717) is 18.9 Å². The van der Waals surface area contributed by atoms with Gasteiger partial charge in [-0.2, -0.15) is 0 Å². The van der Waals surface area contributed by atoms with Gasteiger partial charge in [-0.3, -0.25) is 4.79 Å². The Balaban J connectivity index is 1.72. The Bertz CT molecular complexity index is 650. The predicted molar refractivity (Wildman–Crippen MR) is 82.3 cm³/mol. The van der Waals surface area contributed by atoms with Crippen molar-refractivity contribution in [3.8, 4) is 5.75 Å². The third kappa shape index (κ3) is 2.74. The van der Waals surface area contributed by atoms with Gasteiger partial charge in [0.25, 0.3) is 0 Å². The molecule has 1 fully saturated rings. The lowest BCUT2D eigenvalue weighted by Gasteiger charge is -2.16. The van der Waals surface area contributed by atoms with Crippen LogP contribution in [-0.4, -0.2) is 42.5 Å². The number of hydrogen-bond acceptors (Lipinski definition) is 3. The number of aromatic amines is 1. The van der Waals surface area contributed by atoms with Crippen LogP contribution in [0.3, 0.4) is 0 Å². The molecule has 1 saturated heterocycles. The van der Waals surface area contributed by atoms with E-state index in [0.717, 1.165) is 36.2 Å². The topological polar surface area (TPSA) is 71.3 Å². The van der Waals surface area contributed by atoms with Crippen molar-refractivity contribution in [2.45, 2.75) is 12.8 Å². The number of fused-ring (bicyclic) bond motifs is 1. The van der Waals surface area contributed by atoms with E-state index in [1.54, 1.807) is 7.11 Å². The number of methoxy groups -OCH3 is 1. The Morgan fingerprint density at radius 1 is 1.48 bits per heavy atom. The zero-order valence-electron chi connectivity index (χ0n) is 12.3. The Hall–Kier alpha value is -2.01. The maximum Gasteiger partial charge on any atom is 0.222 e. The van der Waals surface area contributed by atoms with E-state index >= 15 is 0 Å². The number of amides is 1. The van der Waals surface area contributed by atoms with Crippen molar-refractivity contribution in [3.63, 3.8) is 0 Å². The zero-order valence-corrected chi connectivity index (χ0v) is 12.3. The second-order valence-electron chi connectivity index (χ2n) is 5.62. The van der Waals surface area contributed by atoms with Crippen LogP contribution < -0.4 is 10.5 Å². The summed E-state index contributed by atoms with van der Waals surface area (Å²) < 4.78 is 5.28. The number of H-pyrrole nitrogens is 1. The normalized spacial score (nSPS) is 18.7. The highest BCUT2D eigenvalue weighted by Crippen LogP contribution is 2.25. The molecule has 1 aromatic heterocycles. The monoisotopic (exact) mass is 287 g/mol. The van der Waals surface area contributed by atoms with Gasteiger partial charge < -0.3 is 20.4 Å². The number of rotatable bonds is 5. The lowest BCUT2D eigenvalue weighted by atomic mass is 10.1. The van der Waals surface area contributed by atoms with Gasteiger partial charge in [-0.25, -0.2) is 0 Å². The van der Waals surface area contributed by atoms with Crippen LogP contribution in [0.5, 0.6) is 5.75 Å². The first kappa shape index (κ1) is 13.9. The van der Waals surface area contributed by atoms with E-state index in [2.05, 4.69) is 4.98 Å². The molecule has 5 nitrogen and oxygen atoms in total. The third-order valence-corrected chi connectivity index (χ3v) is 4.25. The van der Waals surface area contributed by atoms with Crippen molar-refractivity contribution >= 4 is 16.8 Å². The number of ether oxygens (including phenoxy) is 1. The van der Waals surface area contributed by atoms with Crippen molar-refractivity contribution in [1.82, 2.24) is 9.88 Å². The molecular weight excluding hydrogens is 266 g/mol. The van der Waals surface area contributed by atoms with Crippen molar-refractivity contribution in [1.29, 1.82) is 0 Å². The van der Waals surface area contributed by atoms with Gasteiger partial charge in [0, 0.05) is 36.6 Å². The molecule has 0 spiro atoms. The molecule has 5 heteroatoms. The molecule has 1 amide bonds. The first-order valence-corrected chi connectivity index (χ1v) is 7.33. The summed E-state index contributed by atoms with van der Waals surface area (Å²) in [6.45, 7) is 2.13. The summed E-state index contributed by atoms with van der Waals surface area (Å²) in [5, 5.41) is 1.16. The van der Waals surface area contributed by atoms with Crippen molar-refractivity contribution in [2.75, 3.05) is 26.7 Å². The first-order chi connectivity index (χ1) is 10.2. The quantitative estimate of drug-likeness (QED) is 0.876. The second kappa shape index (κ2) is 5.77. The molecule has 3 rings (SSSR count). The van der Waals surface area contributed by atoms with Crippen LogP contribution in [0.2, 0.25) is 0 Å². The maximum atomic E-state index is 11.9. The van der Waals surface area contributed by atoms with E-state index < -0.39 is 0 Å². The number of nitrogens with one attached hydrogen (secondary N) is 1. The van der Waals surface area contributed by atoms with E-state index in [9.17, 15) is 4.79 Å². The van der Waals surface area contributed by atoms with Gasteiger partial charge in [0.05, 0.1) is 7.11 Å². The fraction of sp³-hybridized carbons (Fsp3) is 0.438. The number of benzene rings is 1. The lowest BCUT2D eigenvalue weighted by molar-refractivity contribution is -0.127. The van der Waals surface area contributed by atoms with Crippen molar-refractivity contribution < 1.29 is 9.53 Å².